The van der Waals surface area contributed by atoms with Crippen molar-refractivity contribution in [1.29, 1.82) is 0 Å². The van der Waals surface area contributed by atoms with Crippen molar-refractivity contribution in [2.24, 2.45) is 0 Å². The summed E-state index contributed by atoms with van der Waals surface area (Å²) in [5, 5.41) is 2.83. The fraction of sp³-hybridized carbons (Fsp3) is 0.368. The van der Waals surface area contributed by atoms with Gasteiger partial charge in [0.05, 0.1) is 16.3 Å². The van der Waals surface area contributed by atoms with Gasteiger partial charge >= 0.3 is 0 Å². The van der Waals surface area contributed by atoms with Crippen molar-refractivity contribution in [3.63, 3.8) is 0 Å². The molecule has 0 atom stereocenters. The highest BCUT2D eigenvalue weighted by molar-refractivity contribution is 7.89. The molecule has 27 heavy (non-hydrogen) atoms. The summed E-state index contributed by atoms with van der Waals surface area (Å²) >= 11 is 0. The van der Waals surface area contributed by atoms with E-state index in [0.29, 0.717) is 24.3 Å². The standard InChI is InChI=1S/C19H24N4O3S/c1-22(2)18-7-6-16(27(25,26)23-12-4-3-5-13-23)14-17(18)21-19(24)15-8-10-20-11-9-15/h6-11,14H,3-5,12-13H2,1-2H3,(H,21,24). The fourth-order valence-electron chi connectivity index (χ4n) is 3.12. The van der Waals surface area contributed by atoms with Crippen molar-refractivity contribution in [3.05, 3.63) is 48.3 Å². The van der Waals surface area contributed by atoms with Crippen LogP contribution in [0.5, 0.6) is 0 Å². The first-order valence-electron chi connectivity index (χ1n) is 8.92. The SMILES string of the molecule is CN(C)c1ccc(S(=O)(=O)N2CCCCC2)cc1NC(=O)c1ccncc1. The Bertz CT molecular complexity index is 908. The Labute approximate surface area is 160 Å². The molecule has 8 heteroatoms. The smallest absolute Gasteiger partial charge is 0.255 e. The van der Waals surface area contributed by atoms with Gasteiger partial charge in [-0.05, 0) is 43.2 Å². The van der Waals surface area contributed by atoms with Crippen LogP contribution in [0.4, 0.5) is 11.4 Å². The van der Waals surface area contributed by atoms with E-state index in [1.165, 1.54) is 4.31 Å². The number of carbonyl (C=O) groups excluding carboxylic acids is 1. The molecule has 2 heterocycles. The second-order valence-corrected chi connectivity index (χ2v) is 8.67. The van der Waals surface area contributed by atoms with E-state index in [-0.39, 0.29) is 10.8 Å². The Morgan fingerprint density at radius 2 is 1.74 bits per heavy atom. The molecule has 0 unspecified atom stereocenters. The van der Waals surface area contributed by atoms with Gasteiger partial charge in [-0.25, -0.2) is 8.42 Å². The number of carbonyl (C=O) groups is 1. The van der Waals surface area contributed by atoms with Gasteiger partial charge < -0.3 is 10.2 Å². The molecule has 0 spiro atoms. The van der Waals surface area contributed by atoms with Gasteiger partial charge in [-0.1, -0.05) is 6.42 Å². The Balaban J connectivity index is 1.94. The van der Waals surface area contributed by atoms with Gasteiger partial charge in [-0.15, -0.1) is 0 Å². The van der Waals surface area contributed by atoms with Crippen LogP contribution in [0.25, 0.3) is 0 Å². The van der Waals surface area contributed by atoms with E-state index in [1.54, 1.807) is 42.7 Å². The minimum atomic E-state index is -3.57. The molecule has 1 saturated heterocycles. The van der Waals surface area contributed by atoms with E-state index in [1.807, 2.05) is 19.0 Å². The van der Waals surface area contributed by atoms with E-state index in [2.05, 4.69) is 10.3 Å². The summed E-state index contributed by atoms with van der Waals surface area (Å²) in [4.78, 5) is 18.5. The van der Waals surface area contributed by atoms with Crippen LogP contribution in [0.15, 0.2) is 47.6 Å². The Morgan fingerprint density at radius 1 is 1.07 bits per heavy atom. The molecule has 7 nitrogen and oxygen atoms in total. The van der Waals surface area contributed by atoms with E-state index in [4.69, 9.17) is 0 Å². The van der Waals surface area contributed by atoms with Crippen molar-refractivity contribution < 1.29 is 13.2 Å². The van der Waals surface area contributed by atoms with Crippen molar-refractivity contribution in [3.8, 4) is 0 Å². The van der Waals surface area contributed by atoms with Gasteiger partial charge in [0.15, 0.2) is 0 Å². The zero-order valence-corrected chi connectivity index (χ0v) is 16.4. The number of sulfonamides is 1. The minimum Gasteiger partial charge on any atom is -0.376 e. The maximum absolute atomic E-state index is 13.0. The number of nitrogens with one attached hydrogen (secondary N) is 1. The number of aromatic nitrogens is 1. The molecule has 3 rings (SSSR count). The summed E-state index contributed by atoms with van der Waals surface area (Å²) in [6, 6.07) is 8.08. The van der Waals surface area contributed by atoms with Crippen molar-refractivity contribution in [2.45, 2.75) is 24.2 Å². The number of piperidine rings is 1. The lowest BCUT2D eigenvalue weighted by molar-refractivity contribution is 0.102. The highest BCUT2D eigenvalue weighted by Crippen LogP contribution is 2.30. The first kappa shape index (κ1) is 19.3. The molecule has 1 aliphatic rings. The maximum Gasteiger partial charge on any atom is 0.255 e. The van der Waals surface area contributed by atoms with Gasteiger partial charge in [0.25, 0.3) is 5.91 Å². The Hall–Kier alpha value is -2.45. The van der Waals surface area contributed by atoms with Gasteiger partial charge in [0.2, 0.25) is 10.0 Å². The molecule has 1 aliphatic heterocycles. The third-order valence-electron chi connectivity index (χ3n) is 4.59. The normalized spacial score (nSPS) is 15.3. The van der Waals surface area contributed by atoms with Gasteiger partial charge in [-0.2, -0.15) is 4.31 Å². The topological polar surface area (TPSA) is 82.6 Å². The van der Waals surface area contributed by atoms with Crippen molar-refractivity contribution in [1.82, 2.24) is 9.29 Å². The van der Waals surface area contributed by atoms with Crippen LogP contribution in [0.3, 0.4) is 0 Å². The third-order valence-corrected chi connectivity index (χ3v) is 6.49. The Morgan fingerprint density at radius 3 is 2.37 bits per heavy atom. The number of hydrogen-bond donors (Lipinski definition) is 1. The van der Waals surface area contributed by atoms with E-state index in [9.17, 15) is 13.2 Å². The van der Waals surface area contributed by atoms with E-state index < -0.39 is 10.0 Å². The van der Waals surface area contributed by atoms with Crippen LogP contribution < -0.4 is 10.2 Å². The van der Waals surface area contributed by atoms with Gasteiger partial charge in [-0.3, -0.25) is 9.78 Å². The fourth-order valence-corrected chi connectivity index (χ4v) is 4.66. The summed E-state index contributed by atoms with van der Waals surface area (Å²) in [7, 11) is 0.113. The number of anilines is 2. The minimum absolute atomic E-state index is 0.194. The van der Waals surface area contributed by atoms with Crippen LogP contribution in [-0.2, 0) is 10.0 Å². The number of rotatable bonds is 5. The van der Waals surface area contributed by atoms with E-state index >= 15 is 0 Å². The number of pyridine rings is 1. The highest BCUT2D eigenvalue weighted by Gasteiger charge is 2.27. The monoisotopic (exact) mass is 388 g/mol. The summed E-state index contributed by atoms with van der Waals surface area (Å²) in [5.74, 6) is -0.312. The van der Waals surface area contributed by atoms with Crippen LogP contribution in [0.2, 0.25) is 0 Å². The average molecular weight is 388 g/mol. The van der Waals surface area contributed by atoms with Crippen LogP contribution >= 0.6 is 0 Å². The molecule has 2 aromatic rings. The molecule has 1 aromatic heterocycles. The zero-order chi connectivity index (χ0) is 19.4. The molecule has 1 fully saturated rings. The third kappa shape index (κ3) is 4.28. The van der Waals surface area contributed by atoms with Crippen molar-refractivity contribution >= 4 is 27.3 Å². The largest absolute Gasteiger partial charge is 0.376 e. The second kappa shape index (κ2) is 8.06. The molecule has 1 N–H and O–H groups in total. The first-order chi connectivity index (χ1) is 12.9. The Kier molecular flexibility index (Phi) is 5.76. The number of nitrogens with zero attached hydrogens (tertiary/aromatic N) is 3. The summed E-state index contributed by atoms with van der Waals surface area (Å²) in [6.45, 7) is 1.08. The number of benzene rings is 1. The summed E-state index contributed by atoms with van der Waals surface area (Å²) in [5.41, 5.74) is 1.65. The van der Waals surface area contributed by atoms with Crippen molar-refractivity contribution in [2.75, 3.05) is 37.4 Å². The molecular formula is C19H24N4O3S. The molecular weight excluding hydrogens is 364 g/mol. The average Bonchev–Trinajstić information content (AvgIpc) is 2.69. The molecule has 0 saturated carbocycles. The lowest BCUT2D eigenvalue weighted by Crippen LogP contribution is -2.35. The maximum atomic E-state index is 13.0. The van der Waals surface area contributed by atoms with Gasteiger partial charge in [0.1, 0.15) is 0 Å². The van der Waals surface area contributed by atoms with Crippen LogP contribution in [-0.4, -0.2) is 50.8 Å². The molecule has 1 amide bonds. The predicted molar refractivity (Wildman–Crippen MR) is 106 cm³/mol. The van der Waals surface area contributed by atoms with Gasteiger partial charge in [0, 0.05) is 45.1 Å². The molecule has 0 radical (unpaired) electrons. The quantitative estimate of drug-likeness (QED) is 0.851. The highest BCUT2D eigenvalue weighted by atomic mass is 32.2. The zero-order valence-electron chi connectivity index (χ0n) is 15.6. The lowest BCUT2D eigenvalue weighted by atomic mass is 10.2. The summed E-state index contributed by atoms with van der Waals surface area (Å²) in [6.07, 6.45) is 5.89. The van der Waals surface area contributed by atoms with Crippen LogP contribution in [0, 0.1) is 0 Å². The molecule has 0 bridgehead atoms. The first-order valence-corrected chi connectivity index (χ1v) is 10.4. The van der Waals surface area contributed by atoms with Crippen LogP contribution in [0.1, 0.15) is 29.6 Å². The molecule has 144 valence electrons. The number of amides is 1. The predicted octanol–water partition coefficient (Wildman–Crippen LogP) is 2.57. The molecule has 0 aliphatic carbocycles. The second-order valence-electron chi connectivity index (χ2n) is 6.73. The van der Waals surface area contributed by atoms with E-state index in [0.717, 1.165) is 24.9 Å². The summed E-state index contributed by atoms with van der Waals surface area (Å²) < 4.78 is 27.5. The molecule has 1 aromatic carbocycles. The lowest BCUT2D eigenvalue weighted by Gasteiger charge is -2.26. The number of hydrogen-bond acceptors (Lipinski definition) is 5.